The van der Waals surface area contributed by atoms with E-state index in [2.05, 4.69) is 20.3 Å². The highest BCUT2D eigenvalue weighted by molar-refractivity contribution is 7.15. The molecule has 4 rings (SSSR count). The summed E-state index contributed by atoms with van der Waals surface area (Å²) in [5, 5.41) is 22.5. The van der Waals surface area contributed by atoms with Gasteiger partial charge in [0.15, 0.2) is 0 Å². The summed E-state index contributed by atoms with van der Waals surface area (Å²) < 4.78 is 38.9. The van der Waals surface area contributed by atoms with Crippen molar-refractivity contribution in [2.75, 3.05) is 11.9 Å². The molecular formula is C24H19F3N4O3S. The number of hydrogen-bond donors (Lipinski definition) is 3. The minimum Gasteiger partial charge on any atom is -0.478 e. The van der Waals surface area contributed by atoms with Gasteiger partial charge in [-0.2, -0.15) is 13.2 Å². The van der Waals surface area contributed by atoms with E-state index in [1.54, 1.807) is 30.5 Å². The molecule has 11 heteroatoms. The molecule has 0 aliphatic heterocycles. The Morgan fingerprint density at radius 2 is 1.86 bits per heavy atom. The number of aryl methyl sites for hydroxylation is 1. The molecule has 0 aliphatic rings. The highest BCUT2D eigenvalue weighted by Gasteiger charge is 2.32. The van der Waals surface area contributed by atoms with Gasteiger partial charge >= 0.3 is 12.1 Å². The number of carboxylic acid groups (broad SMARTS) is 1. The first-order valence-corrected chi connectivity index (χ1v) is 11.1. The van der Waals surface area contributed by atoms with Crippen molar-refractivity contribution in [3.8, 4) is 10.4 Å². The number of benzene rings is 2. The Bertz CT molecular complexity index is 1360. The van der Waals surface area contributed by atoms with Gasteiger partial charge in [0.05, 0.1) is 23.0 Å². The number of nitrogens with one attached hydrogen (secondary N) is 1. The van der Waals surface area contributed by atoms with Crippen LogP contribution in [0.5, 0.6) is 0 Å². The monoisotopic (exact) mass is 500 g/mol. The van der Waals surface area contributed by atoms with Crippen LogP contribution in [-0.4, -0.2) is 37.7 Å². The van der Waals surface area contributed by atoms with Crippen LogP contribution in [0.1, 0.15) is 38.1 Å². The zero-order valence-corrected chi connectivity index (χ0v) is 19.1. The molecule has 2 aromatic carbocycles. The largest absolute Gasteiger partial charge is 0.478 e. The summed E-state index contributed by atoms with van der Waals surface area (Å²) in [5.41, 5.74) is 1.98. The van der Waals surface area contributed by atoms with Gasteiger partial charge in [-0.1, -0.05) is 18.2 Å². The van der Waals surface area contributed by atoms with Crippen molar-refractivity contribution in [1.29, 1.82) is 0 Å². The third-order valence-corrected chi connectivity index (χ3v) is 6.29. The maximum absolute atomic E-state index is 13.0. The van der Waals surface area contributed by atoms with E-state index in [9.17, 15) is 23.1 Å². The molecule has 180 valence electrons. The molecule has 0 bridgehead atoms. The molecule has 0 radical (unpaired) electrons. The zero-order chi connectivity index (χ0) is 25.2. The second-order valence-electron chi connectivity index (χ2n) is 7.70. The summed E-state index contributed by atoms with van der Waals surface area (Å²) in [6, 6.07) is 12.5. The average molecular weight is 501 g/mol. The van der Waals surface area contributed by atoms with E-state index in [1.807, 2.05) is 13.0 Å². The predicted octanol–water partition coefficient (Wildman–Crippen LogP) is 5.49. The van der Waals surface area contributed by atoms with Crippen LogP contribution in [0.15, 0.2) is 60.9 Å². The van der Waals surface area contributed by atoms with Crippen LogP contribution in [0.4, 0.5) is 24.8 Å². The lowest BCUT2D eigenvalue weighted by molar-refractivity contribution is -0.141. The smallest absolute Gasteiger partial charge is 0.433 e. The topological polar surface area (TPSA) is 108 Å². The number of carboxylic acids is 1. The molecule has 1 unspecified atom stereocenters. The number of hydrogen-bond acceptors (Lipinski definition) is 7. The standard InChI is InChI=1S/C24H19F3N4O3S/c1-13-8-16(10-17(9-13)30-23-28-7-6-20(31-23)24(25,26)27)19-11-29-21(35-19)18(12-32)14-2-4-15(5-3-14)22(33)34/h2-11,18,32H,12H2,1H3,(H,33,34)(H,28,30,31). The number of aromatic carboxylic acids is 1. The molecular weight excluding hydrogens is 481 g/mol. The van der Waals surface area contributed by atoms with Gasteiger partial charge in [-0.15, -0.1) is 11.3 Å². The summed E-state index contributed by atoms with van der Waals surface area (Å²) in [5.74, 6) is -1.64. The zero-order valence-electron chi connectivity index (χ0n) is 18.2. The van der Waals surface area contributed by atoms with E-state index in [4.69, 9.17) is 5.11 Å². The first kappa shape index (κ1) is 24.3. The highest BCUT2D eigenvalue weighted by Crippen LogP contribution is 2.35. The average Bonchev–Trinajstić information content (AvgIpc) is 3.29. The van der Waals surface area contributed by atoms with Crippen molar-refractivity contribution in [3.05, 3.63) is 88.3 Å². The second kappa shape index (κ2) is 9.80. The van der Waals surface area contributed by atoms with Gasteiger partial charge in [0.2, 0.25) is 5.95 Å². The van der Waals surface area contributed by atoms with Crippen LogP contribution < -0.4 is 5.32 Å². The number of anilines is 2. The Balaban J connectivity index is 1.60. The van der Waals surface area contributed by atoms with E-state index >= 15 is 0 Å². The van der Waals surface area contributed by atoms with E-state index in [0.717, 1.165) is 33.8 Å². The molecule has 0 aliphatic carbocycles. The quantitative estimate of drug-likeness (QED) is 0.308. The molecule has 0 amide bonds. The lowest BCUT2D eigenvalue weighted by Gasteiger charge is -2.12. The van der Waals surface area contributed by atoms with Gasteiger partial charge in [0.25, 0.3) is 0 Å². The van der Waals surface area contributed by atoms with Crippen molar-refractivity contribution in [2.24, 2.45) is 0 Å². The summed E-state index contributed by atoms with van der Waals surface area (Å²) in [6.45, 7) is 1.64. The van der Waals surface area contributed by atoms with Crippen LogP contribution in [-0.2, 0) is 6.18 Å². The molecule has 0 saturated carbocycles. The molecule has 0 spiro atoms. The molecule has 35 heavy (non-hydrogen) atoms. The minimum absolute atomic E-state index is 0.148. The third kappa shape index (κ3) is 5.64. The molecule has 2 heterocycles. The maximum Gasteiger partial charge on any atom is 0.433 e. The number of alkyl halides is 3. The fourth-order valence-electron chi connectivity index (χ4n) is 3.47. The van der Waals surface area contributed by atoms with E-state index in [1.165, 1.54) is 23.5 Å². The summed E-state index contributed by atoms with van der Waals surface area (Å²) in [6.07, 6.45) is -1.87. The van der Waals surface area contributed by atoms with E-state index < -0.39 is 23.8 Å². The van der Waals surface area contributed by atoms with Gasteiger partial charge in [0.1, 0.15) is 10.7 Å². The number of carbonyl (C=O) groups is 1. The third-order valence-electron chi connectivity index (χ3n) is 5.13. The number of aromatic nitrogens is 3. The summed E-state index contributed by atoms with van der Waals surface area (Å²) >= 11 is 1.36. The van der Waals surface area contributed by atoms with Crippen LogP contribution in [0.25, 0.3) is 10.4 Å². The fraction of sp³-hybridized carbons (Fsp3) is 0.167. The van der Waals surface area contributed by atoms with Crippen molar-refractivity contribution in [3.63, 3.8) is 0 Å². The van der Waals surface area contributed by atoms with Gasteiger partial charge < -0.3 is 15.5 Å². The van der Waals surface area contributed by atoms with Crippen LogP contribution >= 0.6 is 11.3 Å². The van der Waals surface area contributed by atoms with Crippen molar-refractivity contribution in [1.82, 2.24) is 15.0 Å². The Morgan fingerprint density at radius 3 is 2.51 bits per heavy atom. The Labute approximate surface area is 202 Å². The number of rotatable bonds is 7. The van der Waals surface area contributed by atoms with Gasteiger partial charge in [-0.3, -0.25) is 0 Å². The fourth-order valence-corrected chi connectivity index (χ4v) is 4.49. The molecule has 7 nitrogen and oxygen atoms in total. The summed E-state index contributed by atoms with van der Waals surface area (Å²) in [7, 11) is 0. The van der Waals surface area contributed by atoms with Crippen molar-refractivity contribution >= 4 is 28.9 Å². The number of thiazole rings is 1. The first-order chi connectivity index (χ1) is 16.6. The van der Waals surface area contributed by atoms with Gasteiger partial charge in [-0.05, 0) is 53.9 Å². The van der Waals surface area contributed by atoms with Crippen LogP contribution in [0, 0.1) is 6.92 Å². The molecule has 1 atom stereocenters. The van der Waals surface area contributed by atoms with Crippen LogP contribution in [0.2, 0.25) is 0 Å². The summed E-state index contributed by atoms with van der Waals surface area (Å²) in [4.78, 5) is 23.7. The Kier molecular flexibility index (Phi) is 6.81. The van der Waals surface area contributed by atoms with Gasteiger partial charge in [0, 0.05) is 18.1 Å². The first-order valence-electron chi connectivity index (χ1n) is 10.3. The second-order valence-corrected chi connectivity index (χ2v) is 8.76. The van der Waals surface area contributed by atoms with Crippen molar-refractivity contribution in [2.45, 2.75) is 19.0 Å². The van der Waals surface area contributed by atoms with Crippen molar-refractivity contribution < 1.29 is 28.2 Å². The lowest BCUT2D eigenvalue weighted by atomic mass is 9.99. The minimum atomic E-state index is -4.58. The number of halogens is 3. The Morgan fingerprint density at radius 1 is 1.11 bits per heavy atom. The van der Waals surface area contributed by atoms with E-state index in [0.29, 0.717) is 10.7 Å². The molecule has 3 N–H and O–H groups in total. The SMILES string of the molecule is Cc1cc(Nc2nccc(C(F)(F)F)n2)cc(-c2cnc(C(CO)c3ccc(C(=O)O)cc3)s2)c1. The molecule has 4 aromatic rings. The molecule has 0 fully saturated rings. The highest BCUT2D eigenvalue weighted by atomic mass is 32.1. The van der Waals surface area contributed by atoms with Crippen LogP contribution in [0.3, 0.4) is 0 Å². The lowest BCUT2D eigenvalue weighted by Crippen LogP contribution is -2.10. The maximum atomic E-state index is 13.0. The number of aliphatic hydroxyl groups excluding tert-OH is 1. The predicted molar refractivity (Wildman–Crippen MR) is 125 cm³/mol. The normalized spacial score (nSPS) is 12.4. The molecule has 0 saturated heterocycles. The number of aliphatic hydroxyl groups is 1. The van der Waals surface area contributed by atoms with Gasteiger partial charge in [-0.25, -0.2) is 19.7 Å². The molecule has 2 aromatic heterocycles. The van der Waals surface area contributed by atoms with E-state index in [-0.39, 0.29) is 18.1 Å². The number of nitrogens with zero attached hydrogens (tertiary/aromatic N) is 3. The Hall–Kier alpha value is -3.83.